The number of phenolic OH excluding ortho intramolecular Hbond substituents is 2. The van der Waals surface area contributed by atoms with E-state index in [4.69, 9.17) is 4.74 Å². The Morgan fingerprint density at radius 1 is 1.05 bits per heavy atom. The lowest BCUT2D eigenvalue weighted by Crippen LogP contribution is -2.83. The zero-order valence-corrected chi connectivity index (χ0v) is 25.7. The van der Waals surface area contributed by atoms with Gasteiger partial charge in [-0.25, -0.2) is 0 Å². The van der Waals surface area contributed by atoms with Crippen LogP contribution in [0.15, 0.2) is 42.0 Å². The van der Waals surface area contributed by atoms with Crippen LogP contribution in [-0.2, 0) is 19.1 Å². The van der Waals surface area contributed by atoms with E-state index < -0.39 is 67.8 Å². The van der Waals surface area contributed by atoms with Crippen molar-refractivity contribution in [3.05, 3.63) is 47.6 Å². The van der Waals surface area contributed by atoms with E-state index in [0.717, 1.165) is 17.2 Å². The summed E-state index contributed by atoms with van der Waals surface area (Å²) in [6.45, 7) is 13.5. The van der Waals surface area contributed by atoms with E-state index in [1.165, 1.54) is 12.1 Å². The molecule has 0 unspecified atom stereocenters. The van der Waals surface area contributed by atoms with E-state index in [9.17, 15) is 20.1 Å². The number of hydrogen-bond acceptors (Lipinski definition) is 8. The topological polar surface area (TPSA) is 138 Å². The highest BCUT2D eigenvalue weighted by molar-refractivity contribution is 6.27. The molecule has 43 heavy (non-hydrogen) atoms. The van der Waals surface area contributed by atoms with Gasteiger partial charge in [0.25, 0.3) is 0 Å². The van der Waals surface area contributed by atoms with Crippen LogP contribution in [0.3, 0.4) is 0 Å². The van der Waals surface area contributed by atoms with Crippen molar-refractivity contribution in [3.8, 4) is 11.5 Å². The second-order valence-electron chi connectivity index (χ2n) is 15.0. The lowest BCUT2D eigenvalue weighted by molar-refractivity contribution is -0.256. The monoisotopic (exact) mass is 590 g/mol. The maximum absolute atomic E-state index is 15.3. The summed E-state index contributed by atoms with van der Waals surface area (Å²) in [7, 11) is 0. The van der Waals surface area contributed by atoms with Crippen LogP contribution in [0.5, 0.6) is 11.5 Å². The molecule has 1 aromatic rings. The summed E-state index contributed by atoms with van der Waals surface area (Å²) < 4.78 is 5.93. The number of ketones is 3. The number of allylic oxidation sites excluding steroid dienone is 3. The number of ether oxygens (including phenoxy) is 1. The van der Waals surface area contributed by atoms with Crippen LogP contribution in [0.25, 0.3) is 0 Å². The first kappa shape index (κ1) is 29.8. The van der Waals surface area contributed by atoms with E-state index in [1.807, 2.05) is 33.8 Å². The van der Waals surface area contributed by atoms with Gasteiger partial charge in [-0.05, 0) is 90.3 Å². The molecule has 8 nitrogen and oxygen atoms in total. The van der Waals surface area contributed by atoms with E-state index >= 15 is 14.4 Å². The number of aliphatic hydroxyl groups is 1. The normalized spacial score (nSPS) is 42.3. The standard InChI is InChI=1S/C35H42O8/c1-19(2)7-9-22-15-33-16-23-14-26(38)43-31(23,6)18-34(27(39)21-8-10-24(36)25(37)13-21)29(41)32(28(33)40,12-11-20(3)4)17-30(22,5)35(33,34)42/h8,10-11,13,22-23,36-37,42H,1,7,9,12,14-18H2,2-6H3/t22-,23+,30-,31-,32-,33-,34-,35-/m0/s1. The molecule has 7 rings (SSSR count). The fourth-order valence-electron chi connectivity index (χ4n) is 10.5. The van der Waals surface area contributed by atoms with E-state index in [-0.39, 0.29) is 49.4 Å². The van der Waals surface area contributed by atoms with Gasteiger partial charge in [-0.3, -0.25) is 19.2 Å². The summed E-state index contributed by atoms with van der Waals surface area (Å²) in [5.41, 5.74) is -7.67. The second-order valence-corrected chi connectivity index (χ2v) is 15.0. The second kappa shape index (κ2) is 8.90. The molecule has 1 heterocycles. The van der Waals surface area contributed by atoms with Crippen molar-refractivity contribution in [2.75, 3.05) is 0 Å². The third-order valence-corrected chi connectivity index (χ3v) is 12.2. The lowest BCUT2D eigenvalue weighted by Gasteiger charge is -2.69. The van der Waals surface area contributed by atoms with Crippen molar-refractivity contribution in [2.24, 2.45) is 33.5 Å². The minimum atomic E-state index is -2.14. The number of benzene rings is 1. The van der Waals surface area contributed by atoms with Crippen LogP contribution in [0, 0.1) is 33.5 Å². The Labute approximate surface area is 252 Å². The average molecular weight is 591 g/mol. The average Bonchev–Trinajstić information content (AvgIpc) is 3.25. The first-order valence-electron chi connectivity index (χ1n) is 15.3. The fraction of sp³-hybridized carbons (Fsp3) is 0.600. The van der Waals surface area contributed by atoms with Gasteiger partial charge in [0, 0.05) is 23.3 Å². The number of Topliss-reactive ketones (excluding diaryl/α,β-unsaturated/α-hetero) is 3. The first-order valence-corrected chi connectivity index (χ1v) is 15.3. The van der Waals surface area contributed by atoms with Gasteiger partial charge in [0.15, 0.2) is 28.8 Å². The fourth-order valence-corrected chi connectivity index (χ4v) is 10.5. The zero-order chi connectivity index (χ0) is 31.5. The van der Waals surface area contributed by atoms with Crippen molar-refractivity contribution in [2.45, 2.75) is 97.2 Å². The molecule has 230 valence electrons. The lowest BCUT2D eigenvalue weighted by atomic mass is 9.32. The summed E-state index contributed by atoms with van der Waals surface area (Å²) in [6, 6.07) is 3.62. The van der Waals surface area contributed by atoms with Gasteiger partial charge >= 0.3 is 5.97 Å². The van der Waals surface area contributed by atoms with Crippen molar-refractivity contribution >= 4 is 23.3 Å². The molecule has 6 fully saturated rings. The number of esters is 1. The Balaban J connectivity index is 1.71. The number of aromatic hydroxyl groups is 2. The maximum Gasteiger partial charge on any atom is 0.306 e. The Morgan fingerprint density at radius 2 is 1.74 bits per heavy atom. The van der Waals surface area contributed by atoms with Gasteiger partial charge < -0.3 is 20.1 Å². The molecule has 5 aliphatic carbocycles. The number of rotatable bonds is 7. The van der Waals surface area contributed by atoms with Gasteiger partial charge in [-0.15, -0.1) is 6.58 Å². The highest BCUT2D eigenvalue weighted by Gasteiger charge is 2.93. The number of phenols is 2. The van der Waals surface area contributed by atoms with E-state index in [2.05, 4.69) is 6.58 Å². The van der Waals surface area contributed by atoms with Crippen LogP contribution in [0.4, 0.5) is 0 Å². The van der Waals surface area contributed by atoms with Gasteiger partial charge in [0.05, 0.1) is 17.3 Å². The van der Waals surface area contributed by atoms with Crippen LogP contribution in [0.2, 0.25) is 0 Å². The van der Waals surface area contributed by atoms with Gasteiger partial charge in [-0.2, -0.15) is 0 Å². The zero-order valence-electron chi connectivity index (χ0n) is 25.7. The summed E-state index contributed by atoms with van der Waals surface area (Å²) in [5.74, 6) is -3.75. The molecule has 5 saturated carbocycles. The minimum Gasteiger partial charge on any atom is -0.504 e. The number of carbonyl (C=O) groups excluding carboxylic acids is 4. The molecule has 1 aliphatic heterocycles. The number of hydrogen-bond donors (Lipinski definition) is 3. The van der Waals surface area contributed by atoms with Crippen LogP contribution < -0.4 is 0 Å². The molecule has 3 N–H and O–H groups in total. The summed E-state index contributed by atoms with van der Waals surface area (Å²) in [6.07, 6.45) is 3.64. The quantitative estimate of drug-likeness (QED) is 0.127. The molecular formula is C35H42O8. The predicted molar refractivity (Wildman–Crippen MR) is 157 cm³/mol. The molecule has 8 atom stereocenters. The minimum absolute atomic E-state index is 0.0359. The van der Waals surface area contributed by atoms with Crippen molar-refractivity contribution in [1.29, 1.82) is 0 Å². The molecule has 0 aromatic heterocycles. The summed E-state index contributed by atoms with van der Waals surface area (Å²) >= 11 is 0. The molecule has 0 radical (unpaired) electrons. The van der Waals surface area contributed by atoms with E-state index in [1.54, 1.807) is 6.92 Å². The smallest absolute Gasteiger partial charge is 0.306 e. The number of carbonyl (C=O) groups is 4. The summed E-state index contributed by atoms with van der Waals surface area (Å²) in [5, 5.41) is 34.0. The first-order chi connectivity index (χ1) is 19.9. The largest absolute Gasteiger partial charge is 0.504 e. The predicted octanol–water partition coefficient (Wildman–Crippen LogP) is 5.38. The van der Waals surface area contributed by atoms with E-state index in [0.29, 0.717) is 19.3 Å². The Morgan fingerprint density at radius 3 is 2.37 bits per heavy atom. The van der Waals surface area contributed by atoms with Gasteiger partial charge in [-0.1, -0.05) is 24.1 Å². The van der Waals surface area contributed by atoms with Crippen LogP contribution in [-0.4, -0.2) is 49.8 Å². The van der Waals surface area contributed by atoms with Gasteiger partial charge in [0.2, 0.25) is 0 Å². The summed E-state index contributed by atoms with van der Waals surface area (Å²) in [4.78, 5) is 58.4. The molecule has 1 saturated heterocycles. The molecular weight excluding hydrogens is 548 g/mol. The van der Waals surface area contributed by atoms with Crippen molar-refractivity contribution in [1.82, 2.24) is 0 Å². The Hall–Kier alpha value is -3.26. The maximum atomic E-state index is 15.3. The molecule has 1 aromatic carbocycles. The third kappa shape index (κ3) is 3.36. The van der Waals surface area contributed by atoms with Gasteiger partial charge in [0.1, 0.15) is 16.6 Å². The molecule has 5 bridgehead atoms. The van der Waals surface area contributed by atoms with Crippen LogP contribution in [0.1, 0.15) is 96.3 Å². The van der Waals surface area contributed by atoms with Crippen molar-refractivity contribution in [3.63, 3.8) is 0 Å². The van der Waals surface area contributed by atoms with Crippen LogP contribution >= 0.6 is 0 Å². The Kier molecular flexibility index (Phi) is 6.17. The number of fused-ring (bicyclic) bond motifs is 1. The highest BCUT2D eigenvalue weighted by atomic mass is 16.6. The Bertz CT molecular complexity index is 1540. The molecule has 6 aliphatic rings. The molecule has 8 heteroatoms. The molecule has 0 spiro atoms. The molecule has 0 amide bonds. The van der Waals surface area contributed by atoms with Crippen molar-refractivity contribution < 1.29 is 39.2 Å². The SMILES string of the molecule is C=C(C)CC[C@H]1C[C@@]23C[C@H]4CC(=O)O[C@@]4(C)C[C@]4(C(=O)c5ccc(O)c(O)c5)C(=O)[C@@](CC=C(C)C)(C[C@]1(C)[C@]24O)C3=O. The third-order valence-electron chi connectivity index (χ3n) is 12.2. The highest BCUT2D eigenvalue weighted by Crippen LogP contribution is 2.83.